The van der Waals surface area contributed by atoms with E-state index in [1.807, 2.05) is 6.92 Å². The Kier molecular flexibility index (Phi) is 3.59. The molecule has 0 spiro atoms. The van der Waals surface area contributed by atoms with Crippen LogP contribution < -0.4 is 9.88 Å². The summed E-state index contributed by atoms with van der Waals surface area (Å²) in [5.74, 6) is -0.318. The Hall–Kier alpha value is -1.14. The fourth-order valence-electron chi connectivity index (χ4n) is 2.31. The van der Waals surface area contributed by atoms with E-state index in [4.69, 9.17) is 9.88 Å². The lowest BCUT2D eigenvalue weighted by molar-refractivity contribution is 0.157. The largest absolute Gasteiger partial charge is 0.490 e. The van der Waals surface area contributed by atoms with E-state index >= 15 is 0 Å². The molecule has 2 N–H and O–H groups in total. The molecular formula is C12H16FNO3S. The summed E-state index contributed by atoms with van der Waals surface area (Å²) in [6, 6.07) is 4.18. The summed E-state index contributed by atoms with van der Waals surface area (Å²) < 4.78 is 41.3. The number of primary sulfonamides is 1. The maximum absolute atomic E-state index is 13.2. The molecule has 0 aromatic heterocycles. The second-order valence-corrected chi connectivity index (χ2v) is 6.25. The molecule has 0 fully saturated rings. The molecule has 1 aromatic rings. The number of fused-ring (bicyclic) bond motifs is 1. The maximum Gasteiger partial charge on any atom is 0.209 e. The van der Waals surface area contributed by atoms with Crippen LogP contribution >= 0.6 is 0 Å². The molecule has 0 saturated carbocycles. The van der Waals surface area contributed by atoms with Crippen molar-refractivity contribution in [3.05, 3.63) is 29.6 Å². The van der Waals surface area contributed by atoms with Gasteiger partial charge < -0.3 is 4.74 Å². The maximum atomic E-state index is 13.2. The van der Waals surface area contributed by atoms with Gasteiger partial charge in [0.2, 0.25) is 10.0 Å². The van der Waals surface area contributed by atoms with Crippen molar-refractivity contribution >= 4 is 10.0 Å². The zero-order chi connectivity index (χ0) is 13.3. The van der Waals surface area contributed by atoms with Gasteiger partial charge in [-0.1, -0.05) is 13.0 Å². The first-order valence-corrected chi connectivity index (χ1v) is 7.57. The van der Waals surface area contributed by atoms with Crippen LogP contribution in [-0.4, -0.2) is 20.3 Å². The highest BCUT2D eigenvalue weighted by Crippen LogP contribution is 2.38. The Morgan fingerprint density at radius 3 is 2.83 bits per heavy atom. The number of halogens is 1. The van der Waals surface area contributed by atoms with E-state index in [2.05, 4.69) is 0 Å². The van der Waals surface area contributed by atoms with Crippen molar-refractivity contribution in [3.8, 4) is 5.75 Å². The third kappa shape index (κ3) is 3.00. The summed E-state index contributed by atoms with van der Waals surface area (Å²) in [6.07, 6.45) is 1.24. The highest BCUT2D eigenvalue weighted by Gasteiger charge is 2.30. The van der Waals surface area contributed by atoms with Crippen molar-refractivity contribution in [1.82, 2.24) is 0 Å². The summed E-state index contributed by atoms with van der Waals surface area (Å²) in [5, 5.41) is 5.10. The molecule has 1 aliphatic rings. The zero-order valence-electron chi connectivity index (χ0n) is 10.1. The van der Waals surface area contributed by atoms with Crippen LogP contribution in [-0.2, 0) is 10.0 Å². The van der Waals surface area contributed by atoms with Crippen molar-refractivity contribution < 1.29 is 17.5 Å². The van der Waals surface area contributed by atoms with Crippen LogP contribution in [0.25, 0.3) is 0 Å². The summed E-state index contributed by atoms with van der Waals surface area (Å²) in [4.78, 5) is 0. The van der Waals surface area contributed by atoms with E-state index in [9.17, 15) is 12.8 Å². The minimum Gasteiger partial charge on any atom is -0.490 e. The smallest absolute Gasteiger partial charge is 0.209 e. The first-order valence-electron chi connectivity index (χ1n) is 5.85. The summed E-state index contributed by atoms with van der Waals surface area (Å²) in [7, 11) is -3.56. The number of ether oxygens (including phenoxy) is 1. The van der Waals surface area contributed by atoms with Crippen molar-refractivity contribution in [1.29, 1.82) is 0 Å². The normalized spacial score (nSPS) is 23.3. The van der Waals surface area contributed by atoms with Crippen LogP contribution in [0.3, 0.4) is 0 Å². The van der Waals surface area contributed by atoms with E-state index in [0.717, 1.165) is 12.0 Å². The predicted octanol–water partition coefficient (Wildman–Crippen LogP) is 1.76. The second kappa shape index (κ2) is 4.85. The molecule has 2 rings (SSSR count). The van der Waals surface area contributed by atoms with Gasteiger partial charge in [-0.15, -0.1) is 0 Å². The Balaban J connectivity index is 2.37. The molecule has 1 heterocycles. The number of nitrogens with two attached hydrogens (primary N) is 1. The molecule has 4 nitrogen and oxygen atoms in total. The van der Waals surface area contributed by atoms with Crippen LogP contribution in [0.4, 0.5) is 4.39 Å². The Morgan fingerprint density at radius 2 is 2.22 bits per heavy atom. The van der Waals surface area contributed by atoms with Gasteiger partial charge in [-0.3, -0.25) is 0 Å². The van der Waals surface area contributed by atoms with Gasteiger partial charge in [0.15, 0.2) is 0 Å². The minimum absolute atomic E-state index is 0.0916. The molecule has 1 aliphatic heterocycles. The second-order valence-electron chi connectivity index (χ2n) is 4.59. The molecule has 18 heavy (non-hydrogen) atoms. The van der Waals surface area contributed by atoms with Crippen LogP contribution in [0.1, 0.15) is 31.2 Å². The van der Waals surface area contributed by atoms with Gasteiger partial charge in [-0.05, 0) is 24.5 Å². The highest BCUT2D eigenvalue weighted by atomic mass is 32.2. The van der Waals surface area contributed by atoms with Gasteiger partial charge in [-0.2, -0.15) is 0 Å². The highest BCUT2D eigenvalue weighted by molar-refractivity contribution is 7.89. The third-order valence-electron chi connectivity index (χ3n) is 3.15. The first kappa shape index (κ1) is 13.3. The van der Waals surface area contributed by atoms with E-state index in [1.54, 1.807) is 6.07 Å². The number of hydrogen-bond acceptors (Lipinski definition) is 3. The number of sulfonamides is 1. The fourth-order valence-corrected chi connectivity index (χ4v) is 3.18. The number of benzene rings is 1. The van der Waals surface area contributed by atoms with Crippen molar-refractivity contribution in [2.75, 3.05) is 5.75 Å². The zero-order valence-corrected chi connectivity index (χ0v) is 10.9. The van der Waals surface area contributed by atoms with Crippen LogP contribution in [0.5, 0.6) is 5.75 Å². The molecular weight excluding hydrogens is 257 g/mol. The molecule has 100 valence electrons. The topological polar surface area (TPSA) is 69.4 Å². The van der Waals surface area contributed by atoms with E-state index < -0.39 is 10.0 Å². The lowest BCUT2D eigenvalue weighted by Gasteiger charge is -2.31. The predicted molar refractivity (Wildman–Crippen MR) is 66.4 cm³/mol. The fraction of sp³-hybridized carbons (Fsp3) is 0.500. The monoisotopic (exact) mass is 273 g/mol. The third-order valence-corrected chi connectivity index (χ3v) is 4.01. The first-order chi connectivity index (χ1) is 8.39. The average Bonchev–Trinajstić information content (AvgIpc) is 2.25. The number of rotatable bonds is 3. The standard InChI is InChI=1S/C12H16FNO3S/c1-2-10-5-8(7-18(14,15)16)11-4-3-9(13)6-12(11)17-10/h3-4,6,8,10H,2,5,7H2,1H3,(H2,14,15,16)/t8-,10+/m1/s1. The SMILES string of the molecule is CC[C@H]1C[C@H](CS(N)(=O)=O)c2ccc(F)cc2O1. The van der Waals surface area contributed by atoms with Crippen LogP contribution in [0, 0.1) is 5.82 Å². The van der Waals surface area contributed by atoms with Gasteiger partial charge in [0, 0.05) is 12.0 Å². The van der Waals surface area contributed by atoms with Crippen LogP contribution in [0.15, 0.2) is 18.2 Å². The van der Waals surface area contributed by atoms with Crippen molar-refractivity contribution in [2.24, 2.45) is 5.14 Å². The summed E-state index contributed by atoms with van der Waals surface area (Å²) in [5.41, 5.74) is 0.718. The summed E-state index contributed by atoms with van der Waals surface area (Å²) in [6.45, 7) is 1.95. The van der Waals surface area contributed by atoms with Gasteiger partial charge in [0.1, 0.15) is 11.6 Å². The Morgan fingerprint density at radius 1 is 1.50 bits per heavy atom. The molecule has 0 amide bonds. The molecule has 0 aliphatic carbocycles. The summed E-state index contributed by atoms with van der Waals surface area (Å²) >= 11 is 0. The minimum atomic E-state index is -3.56. The molecule has 6 heteroatoms. The van der Waals surface area contributed by atoms with Gasteiger partial charge in [0.05, 0.1) is 11.9 Å². The van der Waals surface area contributed by atoms with Gasteiger partial charge in [0.25, 0.3) is 0 Å². The molecule has 0 unspecified atom stereocenters. The molecule has 2 atom stereocenters. The number of hydrogen-bond donors (Lipinski definition) is 1. The lowest BCUT2D eigenvalue weighted by atomic mass is 9.90. The lowest BCUT2D eigenvalue weighted by Crippen LogP contribution is -2.30. The van der Waals surface area contributed by atoms with Crippen LogP contribution in [0.2, 0.25) is 0 Å². The molecule has 0 bridgehead atoms. The average molecular weight is 273 g/mol. The van der Waals surface area contributed by atoms with Gasteiger partial charge >= 0.3 is 0 Å². The Bertz CT molecular complexity index is 544. The van der Waals surface area contributed by atoms with E-state index in [-0.39, 0.29) is 23.6 Å². The molecule has 0 saturated heterocycles. The van der Waals surface area contributed by atoms with Crippen molar-refractivity contribution in [3.63, 3.8) is 0 Å². The van der Waals surface area contributed by atoms with Crippen molar-refractivity contribution in [2.45, 2.75) is 31.8 Å². The van der Waals surface area contributed by atoms with E-state index in [1.165, 1.54) is 12.1 Å². The molecule has 1 aromatic carbocycles. The quantitative estimate of drug-likeness (QED) is 0.912. The molecule has 0 radical (unpaired) electrons. The van der Waals surface area contributed by atoms with Gasteiger partial charge in [-0.25, -0.2) is 17.9 Å². The van der Waals surface area contributed by atoms with E-state index in [0.29, 0.717) is 12.2 Å². The Labute approximate surface area is 106 Å².